The second-order valence-corrected chi connectivity index (χ2v) is 8.62. The van der Waals surface area contributed by atoms with E-state index < -0.39 is 0 Å². The fraction of sp³-hybridized carbons (Fsp3) is 1.00. The van der Waals surface area contributed by atoms with E-state index in [0.717, 1.165) is 78.2 Å². The minimum Gasteiger partial charge on any atom is -0.381 e. The van der Waals surface area contributed by atoms with Crippen molar-refractivity contribution in [3.63, 3.8) is 0 Å². The average molecular weight is 361 g/mol. The third kappa shape index (κ3) is 23.8. The highest BCUT2D eigenvalue weighted by molar-refractivity contribution is 4.59. The van der Waals surface area contributed by atoms with E-state index in [1.165, 1.54) is 6.42 Å². The number of hydrogen-bond donors (Lipinski definition) is 0. The van der Waals surface area contributed by atoms with Crippen LogP contribution in [0.4, 0.5) is 0 Å². The molecule has 25 heavy (non-hydrogen) atoms. The molecule has 4 nitrogen and oxygen atoms in total. The van der Waals surface area contributed by atoms with E-state index in [1.807, 2.05) is 0 Å². The van der Waals surface area contributed by atoms with Crippen LogP contribution in [0.1, 0.15) is 86.5 Å². The Morgan fingerprint density at radius 1 is 0.400 bits per heavy atom. The van der Waals surface area contributed by atoms with Gasteiger partial charge in [-0.3, -0.25) is 0 Å². The molecule has 0 unspecified atom stereocenters. The van der Waals surface area contributed by atoms with Crippen molar-refractivity contribution in [2.45, 2.75) is 97.7 Å². The van der Waals surface area contributed by atoms with Crippen molar-refractivity contribution in [3.8, 4) is 0 Å². The van der Waals surface area contributed by atoms with E-state index in [1.54, 1.807) is 0 Å². The molecule has 0 aliphatic carbocycles. The van der Waals surface area contributed by atoms with E-state index in [0.29, 0.717) is 0 Å². The fourth-order valence-corrected chi connectivity index (χ4v) is 2.16. The second-order valence-electron chi connectivity index (χ2n) is 8.62. The summed E-state index contributed by atoms with van der Waals surface area (Å²) in [7, 11) is 0. The molecule has 4 heteroatoms. The van der Waals surface area contributed by atoms with Crippen LogP contribution in [0.3, 0.4) is 0 Å². The highest BCUT2D eigenvalue weighted by Gasteiger charge is 2.09. The van der Waals surface area contributed by atoms with Gasteiger partial charge in [0.25, 0.3) is 0 Å². The summed E-state index contributed by atoms with van der Waals surface area (Å²) in [6.07, 6.45) is 7.74. The van der Waals surface area contributed by atoms with Gasteiger partial charge in [0.1, 0.15) is 0 Å². The molecule has 0 saturated carbocycles. The normalized spacial score (nSPS) is 12.7. The van der Waals surface area contributed by atoms with Crippen LogP contribution in [0, 0.1) is 0 Å². The molecule has 0 amide bonds. The van der Waals surface area contributed by atoms with Gasteiger partial charge in [0, 0.05) is 39.6 Å². The standard InChI is InChI=1S/C21H44O4/c1-20(2,3)24-18-9-7-8-14-22-15-10-11-16-23-17-12-13-19-25-21(4,5)6/h7-19H2,1-6H3. The minimum absolute atomic E-state index is 0.0151. The Morgan fingerprint density at radius 2 is 0.680 bits per heavy atom. The first-order valence-electron chi connectivity index (χ1n) is 10.1. The van der Waals surface area contributed by atoms with Gasteiger partial charge in [0.15, 0.2) is 0 Å². The molecule has 0 aromatic rings. The molecule has 0 rings (SSSR count). The number of ether oxygens (including phenoxy) is 4. The maximum Gasteiger partial charge on any atom is 0.0598 e. The third-order valence-corrected chi connectivity index (χ3v) is 3.51. The zero-order valence-electron chi connectivity index (χ0n) is 17.8. The Morgan fingerprint density at radius 3 is 1.04 bits per heavy atom. The van der Waals surface area contributed by atoms with Gasteiger partial charge in [-0.05, 0) is 86.5 Å². The zero-order chi connectivity index (χ0) is 19.0. The van der Waals surface area contributed by atoms with Crippen LogP contribution in [0.5, 0.6) is 0 Å². The number of hydrogen-bond acceptors (Lipinski definition) is 4. The summed E-state index contributed by atoms with van der Waals surface area (Å²) in [5.41, 5.74) is -0.0418. The molecule has 0 aliphatic heterocycles. The predicted octanol–water partition coefficient (Wildman–Crippen LogP) is 5.38. The van der Waals surface area contributed by atoms with Gasteiger partial charge in [0.05, 0.1) is 11.2 Å². The topological polar surface area (TPSA) is 36.9 Å². The van der Waals surface area contributed by atoms with Crippen molar-refractivity contribution in [2.75, 3.05) is 39.6 Å². The first-order valence-corrected chi connectivity index (χ1v) is 10.1. The van der Waals surface area contributed by atoms with Gasteiger partial charge in [-0.25, -0.2) is 0 Å². The zero-order valence-corrected chi connectivity index (χ0v) is 17.8. The predicted molar refractivity (Wildman–Crippen MR) is 105 cm³/mol. The van der Waals surface area contributed by atoms with Crippen LogP contribution in [0.25, 0.3) is 0 Å². The van der Waals surface area contributed by atoms with Crippen LogP contribution in [-0.2, 0) is 18.9 Å². The lowest BCUT2D eigenvalue weighted by Gasteiger charge is -2.19. The van der Waals surface area contributed by atoms with Crippen LogP contribution >= 0.6 is 0 Å². The summed E-state index contributed by atoms with van der Waals surface area (Å²) in [4.78, 5) is 0. The van der Waals surface area contributed by atoms with E-state index in [4.69, 9.17) is 18.9 Å². The molecular weight excluding hydrogens is 316 g/mol. The lowest BCUT2D eigenvalue weighted by molar-refractivity contribution is -0.00739. The van der Waals surface area contributed by atoms with E-state index in [2.05, 4.69) is 41.5 Å². The molecule has 0 fully saturated rings. The summed E-state index contributed by atoms with van der Waals surface area (Å²) in [5.74, 6) is 0. The molecule has 152 valence electrons. The molecule has 0 aliphatic rings. The highest BCUT2D eigenvalue weighted by Crippen LogP contribution is 2.09. The van der Waals surface area contributed by atoms with E-state index in [-0.39, 0.29) is 11.2 Å². The Labute approximate surface area is 156 Å². The summed E-state index contributed by atoms with van der Waals surface area (Å²) < 4.78 is 22.7. The van der Waals surface area contributed by atoms with Crippen molar-refractivity contribution in [3.05, 3.63) is 0 Å². The SMILES string of the molecule is CC(C)(C)OCCCCCOCCCCOCCCCOC(C)(C)C. The molecule has 0 aromatic heterocycles. The Hall–Kier alpha value is -0.160. The molecule has 0 saturated heterocycles. The summed E-state index contributed by atoms with van der Waals surface area (Å²) in [5, 5.41) is 0. The summed E-state index contributed by atoms with van der Waals surface area (Å²) >= 11 is 0. The maximum atomic E-state index is 5.70. The molecule has 0 aromatic carbocycles. The molecule has 0 radical (unpaired) electrons. The van der Waals surface area contributed by atoms with Gasteiger partial charge in [-0.15, -0.1) is 0 Å². The summed E-state index contributed by atoms with van der Waals surface area (Å²) in [6, 6.07) is 0. The number of rotatable bonds is 16. The van der Waals surface area contributed by atoms with Gasteiger partial charge in [0.2, 0.25) is 0 Å². The molecule has 0 heterocycles. The Kier molecular flexibility index (Phi) is 14.9. The lowest BCUT2D eigenvalue weighted by Crippen LogP contribution is -2.19. The van der Waals surface area contributed by atoms with Crippen molar-refractivity contribution < 1.29 is 18.9 Å². The van der Waals surface area contributed by atoms with Crippen molar-refractivity contribution in [1.82, 2.24) is 0 Å². The van der Waals surface area contributed by atoms with Crippen molar-refractivity contribution in [2.24, 2.45) is 0 Å². The third-order valence-electron chi connectivity index (χ3n) is 3.51. The average Bonchev–Trinajstić information content (AvgIpc) is 2.48. The van der Waals surface area contributed by atoms with Crippen LogP contribution < -0.4 is 0 Å². The van der Waals surface area contributed by atoms with Crippen molar-refractivity contribution >= 4 is 0 Å². The highest BCUT2D eigenvalue weighted by atomic mass is 16.5. The smallest absolute Gasteiger partial charge is 0.0598 e. The lowest BCUT2D eigenvalue weighted by atomic mass is 10.2. The Bertz CT molecular complexity index is 251. The molecule has 0 N–H and O–H groups in total. The minimum atomic E-state index is -0.0267. The van der Waals surface area contributed by atoms with Gasteiger partial charge >= 0.3 is 0 Å². The van der Waals surface area contributed by atoms with Crippen molar-refractivity contribution in [1.29, 1.82) is 0 Å². The van der Waals surface area contributed by atoms with Crippen LogP contribution in [-0.4, -0.2) is 50.8 Å². The first kappa shape index (κ1) is 24.8. The van der Waals surface area contributed by atoms with Crippen LogP contribution in [0.2, 0.25) is 0 Å². The van der Waals surface area contributed by atoms with Gasteiger partial charge in [-0.2, -0.15) is 0 Å². The molecule has 0 spiro atoms. The largest absolute Gasteiger partial charge is 0.381 e. The second kappa shape index (κ2) is 15.0. The Balaban J connectivity index is 3.08. The molecule has 0 bridgehead atoms. The molecule has 0 atom stereocenters. The molecular formula is C21H44O4. The number of unbranched alkanes of at least 4 members (excludes halogenated alkanes) is 4. The van der Waals surface area contributed by atoms with Gasteiger partial charge in [-0.1, -0.05) is 0 Å². The maximum absolute atomic E-state index is 5.70. The van der Waals surface area contributed by atoms with Gasteiger partial charge < -0.3 is 18.9 Å². The quantitative estimate of drug-likeness (QED) is 0.346. The summed E-state index contributed by atoms with van der Waals surface area (Å²) in [6.45, 7) is 17.6. The van der Waals surface area contributed by atoms with E-state index in [9.17, 15) is 0 Å². The fourth-order valence-electron chi connectivity index (χ4n) is 2.16. The van der Waals surface area contributed by atoms with E-state index >= 15 is 0 Å². The monoisotopic (exact) mass is 360 g/mol. The first-order chi connectivity index (χ1) is 11.7. The van der Waals surface area contributed by atoms with Crippen LogP contribution in [0.15, 0.2) is 0 Å².